The molecule has 2 aliphatic carbocycles. The average molecular weight is 281 g/mol. The van der Waals surface area contributed by atoms with Crippen LogP contribution in [0.15, 0.2) is 0 Å². The van der Waals surface area contributed by atoms with Gasteiger partial charge in [-0.25, -0.2) is 0 Å². The summed E-state index contributed by atoms with van der Waals surface area (Å²) in [7, 11) is 0. The van der Waals surface area contributed by atoms with E-state index in [-0.39, 0.29) is 12.0 Å². The Morgan fingerprint density at radius 3 is 2.55 bits per heavy atom. The molecule has 0 aromatic carbocycles. The lowest BCUT2D eigenvalue weighted by molar-refractivity contribution is -0.178. The molecule has 20 heavy (non-hydrogen) atoms. The van der Waals surface area contributed by atoms with Gasteiger partial charge in [0.15, 0.2) is 0 Å². The van der Waals surface area contributed by atoms with Gasteiger partial charge in [-0.15, -0.1) is 0 Å². The lowest BCUT2D eigenvalue weighted by Gasteiger charge is -2.64. The quantitative estimate of drug-likeness (QED) is 0.816. The highest BCUT2D eigenvalue weighted by atomic mass is 16.5. The van der Waals surface area contributed by atoms with Crippen LogP contribution < -0.4 is 5.32 Å². The van der Waals surface area contributed by atoms with Crippen molar-refractivity contribution in [2.75, 3.05) is 33.0 Å². The molecule has 4 rings (SSSR count). The number of rotatable bonds is 4. The van der Waals surface area contributed by atoms with Gasteiger partial charge in [0.25, 0.3) is 0 Å². The number of hydrogen-bond donors (Lipinski definition) is 2. The van der Waals surface area contributed by atoms with E-state index in [1.165, 1.54) is 25.7 Å². The highest BCUT2D eigenvalue weighted by molar-refractivity contribution is 5.18. The van der Waals surface area contributed by atoms with E-state index in [1.54, 1.807) is 0 Å². The first-order valence-corrected chi connectivity index (χ1v) is 8.33. The molecule has 4 nitrogen and oxygen atoms in total. The predicted molar refractivity (Wildman–Crippen MR) is 75.5 cm³/mol. The fraction of sp³-hybridized carbons (Fsp3) is 1.00. The Labute approximate surface area is 121 Å². The normalized spacial score (nSPS) is 41.0. The highest BCUT2D eigenvalue weighted by Gasteiger charge is 2.66. The summed E-state index contributed by atoms with van der Waals surface area (Å²) in [5, 5.41) is 13.7. The van der Waals surface area contributed by atoms with E-state index < -0.39 is 0 Å². The van der Waals surface area contributed by atoms with Crippen molar-refractivity contribution in [3.05, 3.63) is 0 Å². The van der Waals surface area contributed by atoms with Gasteiger partial charge in [-0.3, -0.25) is 0 Å². The molecule has 0 amide bonds. The van der Waals surface area contributed by atoms with Crippen LogP contribution in [0.4, 0.5) is 0 Å². The predicted octanol–water partition coefficient (Wildman–Crippen LogP) is 1.32. The molecule has 0 bridgehead atoms. The topological polar surface area (TPSA) is 50.7 Å². The van der Waals surface area contributed by atoms with Crippen LogP contribution in [0.1, 0.15) is 38.5 Å². The second-order valence-electron chi connectivity index (χ2n) is 7.46. The van der Waals surface area contributed by atoms with Crippen LogP contribution in [-0.4, -0.2) is 50.2 Å². The summed E-state index contributed by atoms with van der Waals surface area (Å²) in [5.41, 5.74) is 0.497. The van der Waals surface area contributed by atoms with Gasteiger partial charge in [-0.05, 0) is 32.1 Å². The van der Waals surface area contributed by atoms with Crippen LogP contribution in [0.2, 0.25) is 0 Å². The van der Waals surface area contributed by atoms with Crippen molar-refractivity contribution in [1.29, 1.82) is 0 Å². The lowest BCUT2D eigenvalue weighted by Crippen LogP contribution is -2.71. The van der Waals surface area contributed by atoms with E-state index >= 15 is 0 Å². The molecule has 4 fully saturated rings. The Balaban J connectivity index is 1.41. The third kappa shape index (κ3) is 1.81. The molecule has 0 radical (unpaired) electrons. The van der Waals surface area contributed by atoms with Crippen molar-refractivity contribution >= 4 is 0 Å². The molecule has 2 heterocycles. The molecule has 2 saturated heterocycles. The molecule has 114 valence electrons. The van der Waals surface area contributed by atoms with Crippen LogP contribution in [0.25, 0.3) is 0 Å². The standard InChI is InChI=1S/C16H27NO3/c18-11-15(5-8-19-9-6-15)10-17-13-12-2-7-20-14(12)16(13)3-1-4-16/h12-14,17-18H,1-11H2. The van der Waals surface area contributed by atoms with Gasteiger partial charge in [0.1, 0.15) is 0 Å². The molecule has 0 aromatic rings. The molecule has 4 aliphatic rings. The summed E-state index contributed by atoms with van der Waals surface area (Å²) >= 11 is 0. The van der Waals surface area contributed by atoms with Crippen molar-refractivity contribution in [3.63, 3.8) is 0 Å². The molecule has 3 unspecified atom stereocenters. The van der Waals surface area contributed by atoms with Gasteiger partial charge < -0.3 is 19.9 Å². The van der Waals surface area contributed by atoms with Gasteiger partial charge in [-0.2, -0.15) is 0 Å². The second kappa shape index (κ2) is 4.94. The zero-order valence-electron chi connectivity index (χ0n) is 12.3. The van der Waals surface area contributed by atoms with E-state index in [1.807, 2.05) is 0 Å². The summed E-state index contributed by atoms with van der Waals surface area (Å²) in [5.74, 6) is 0.728. The summed E-state index contributed by atoms with van der Waals surface area (Å²) in [6.45, 7) is 3.78. The van der Waals surface area contributed by atoms with Crippen LogP contribution in [-0.2, 0) is 9.47 Å². The monoisotopic (exact) mass is 281 g/mol. The van der Waals surface area contributed by atoms with E-state index in [2.05, 4.69) is 5.32 Å². The molecule has 1 spiro atoms. The van der Waals surface area contributed by atoms with Crippen molar-refractivity contribution in [3.8, 4) is 0 Å². The van der Waals surface area contributed by atoms with Crippen molar-refractivity contribution in [2.24, 2.45) is 16.7 Å². The van der Waals surface area contributed by atoms with Crippen LogP contribution >= 0.6 is 0 Å². The van der Waals surface area contributed by atoms with Crippen LogP contribution in [0, 0.1) is 16.7 Å². The molecule has 0 aromatic heterocycles. The van der Waals surface area contributed by atoms with Gasteiger partial charge >= 0.3 is 0 Å². The number of nitrogens with one attached hydrogen (secondary N) is 1. The maximum absolute atomic E-state index is 9.81. The zero-order chi connectivity index (χ0) is 13.6. The van der Waals surface area contributed by atoms with Gasteiger partial charge in [-0.1, -0.05) is 6.42 Å². The number of fused-ring (bicyclic) bond motifs is 2. The Kier molecular flexibility index (Phi) is 3.33. The van der Waals surface area contributed by atoms with E-state index in [0.717, 1.165) is 45.1 Å². The first-order chi connectivity index (χ1) is 9.80. The fourth-order valence-electron chi connectivity index (χ4n) is 5.08. The van der Waals surface area contributed by atoms with E-state index in [9.17, 15) is 5.11 Å². The van der Waals surface area contributed by atoms with Crippen LogP contribution in [0.5, 0.6) is 0 Å². The number of ether oxygens (including phenoxy) is 2. The zero-order valence-corrected chi connectivity index (χ0v) is 12.3. The van der Waals surface area contributed by atoms with Crippen molar-refractivity contribution < 1.29 is 14.6 Å². The Hall–Kier alpha value is -0.160. The summed E-state index contributed by atoms with van der Waals surface area (Å²) in [6, 6.07) is 0.634. The first kappa shape index (κ1) is 13.5. The van der Waals surface area contributed by atoms with E-state index in [0.29, 0.717) is 17.6 Å². The fourth-order valence-corrected chi connectivity index (χ4v) is 5.08. The molecular formula is C16H27NO3. The summed E-state index contributed by atoms with van der Waals surface area (Å²) in [4.78, 5) is 0. The van der Waals surface area contributed by atoms with Crippen LogP contribution in [0.3, 0.4) is 0 Å². The lowest BCUT2D eigenvalue weighted by atomic mass is 9.46. The largest absolute Gasteiger partial charge is 0.396 e. The van der Waals surface area contributed by atoms with E-state index in [4.69, 9.17) is 9.47 Å². The maximum Gasteiger partial charge on any atom is 0.0690 e. The first-order valence-electron chi connectivity index (χ1n) is 8.33. The van der Waals surface area contributed by atoms with Crippen molar-refractivity contribution in [2.45, 2.75) is 50.7 Å². The Morgan fingerprint density at radius 2 is 1.90 bits per heavy atom. The third-order valence-electron chi connectivity index (χ3n) is 6.62. The summed E-state index contributed by atoms with van der Waals surface area (Å²) < 4.78 is 11.4. The molecule has 2 aliphatic heterocycles. The minimum atomic E-state index is 0.0493. The minimum Gasteiger partial charge on any atom is -0.396 e. The summed E-state index contributed by atoms with van der Waals surface area (Å²) in [6.07, 6.45) is 7.76. The minimum absolute atomic E-state index is 0.0493. The average Bonchev–Trinajstić information content (AvgIpc) is 2.84. The van der Waals surface area contributed by atoms with Gasteiger partial charge in [0, 0.05) is 49.2 Å². The molecule has 3 atom stereocenters. The third-order valence-corrected chi connectivity index (χ3v) is 6.62. The second-order valence-corrected chi connectivity index (χ2v) is 7.46. The molecule has 2 N–H and O–H groups in total. The molecule has 2 saturated carbocycles. The molecular weight excluding hydrogens is 254 g/mol. The van der Waals surface area contributed by atoms with Gasteiger partial charge in [0.05, 0.1) is 12.7 Å². The van der Waals surface area contributed by atoms with Crippen molar-refractivity contribution in [1.82, 2.24) is 5.32 Å². The SMILES string of the molecule is OCC1(CNC2C3CCOC3C23CCC3)CCOCC1. The Bertz CT molecular complexity index is 363. The molecule has 4 heteroatoms. The number of hydrogen-bond acceptors (Lipinski definition) is 4. The maximum atomic E-state index is 9.81. The highest BCUT2D eigenvalue weighted by Crippen LogP contribution is 2.62. The number of aliphatic hydroxyl groups excluding tert-OH is 1. The number of aliphatic hydroxyl groups is 1. The van der Waals surface area contributed by atoms with Gasteiger partial charge in [0.2, 0.25) is 0 Å². The Morgan fingerprint density at radius 1 is 1.10 bits per heavy atom. The smallest absolute Gasteiger partial charge is 0.0690 e.